The minimum absolute atomic E-state index is 0.854. The molecule has 0 bridgehead atoms. The molecule has 0 atom stereocenters. The average molecular weight is 144 g/mol. The first kappa shape index (κ1) is 12.3. The van der Waals surface area contributed by atoms with E-state index in [1.807, 2.05) is 39.8 Å². The second-order valence-electron chi connectivity index (χ2n) is 1.66. The number of rotatable bonds is 3. The molecule has 0 fully saturated rings. The molecular weight excluding hydrogens is 124 g/mol. The first-order valence-electron chi connectivity index (χ1n) is 3.92. The van der Waals surface area contributed by atoms with Crippen LogP contribution in [0.5, 0.6) is 0 Å². The van der Waals surface area contributed by atoms with Crippen LogP contribution in [0.1, 0.15) is 27.7 Å². The van der Waals surface area contributed by atoms with Crippen LogP contribution in [0.2, 0.25) is 0 Å². The summed E-state index contributed by atoms with van der Waals surface area (Å²) >= 11 is 0. The number of hydrogen-bond donors (Lipinski definition) is 1. The highest BCUT2D eigenvalue weighted by molar-refractivity contribution is 4.78. The maximum atomic E-state index is 5.44. The van der Waals surface area contributed by atoms with Crippen LogP contribution in [0.25, 0.3) is 0 Å². The molecule has 0 saturated heterocycles. The molecule has 2 N–H and O–H groups in total. The molecule has 0 aromatic heterocycles. The lowest BCUT2D eigenvalue weighted by molar-refractivity contribution is 0.333. The van der Waals surface area contributed by atoms with Gasteiger partial charge in [0.05, 0.1) is 0 Å². The van der Waals surface area contributed by atoms with Gasteiger partial charge in [-0.2, -0.15) is 0 Å². The molecule has 0 saturated carbocycles. The highest BCUT2D eigenvalue weighted by Gasteiger charge is 1.85. The van der Waals surface area contributed by atoms with Crippen LogP contribution in [0.3, 0.4) is 0 Å². The van der Waals surface area contributed by atoms with Gasteiger partial charge >= 0.3 is 0 Å². The molecule has 0 aliphatic carbocycles. The van der Waals surface area contributed by atoms with E-state index in [2.05, 4.69) is 0 Å². The summed E-state index contributed by atoms with van der Waals surface area (Å²) < 4.78 is 0. The Morgan fingerprint density at radius 2 is 1.90 bits per heavy atom. The molecule has 0 spiro atoms. The van der Waals surface area contributed by atoms with Gasteiger partial charge in [-0.05, 0) is 6.92 Å². The SMILES string of the molecule is C/C=C\CN(N)CC.CC. The van der Waals surface area contributed by atoms with Crippen molar-refractivity contribution in [1.29, 1.82) is 0 Å². The van der Waals surface area contributed by atoms with Gasteiger partial charge in [-0.25, -0.2) is 5.01 Å². The summed E-state index contributed by atoms with van der Waals surface area (Å²) in [5.41, 5.74) is 0. The van der Waals surface area contributed by atoms with Crippen molar-refractivity contribution in [2.45, 2.75) is 27.7 Å². The fourth-order valence-corrected chi connectivity index (χ4v) is 0.370. The standard InChI is InChI=1S/C6H14N2.C2H6/c1-3-5-6-8(7)4-2;1-2/h3,5H,4,6-7H2,1-2H3;1-2H3/b5-3-;. The third kappa shape index (κ3) is 10.6. The molecule has 62 valence electrons. The maximum Gasteiger partial charge on any atom is 0.0309 e. The van der Waals surface area contributed by atoms with Crippen LogP contribution in [0, 0.1) is 0 Å². The van der Waals surface area contributed by atoms with Crippen molar-refractivity contribution >= 4 is 0 Å². The molecular formula is C8H20N2. The average Bonchev–Trinajstić information content (AvgIpc) is 2.04. The largest absolute Gasteiger partial charge is 0.269 e. The van der Waals surface area contributed by atoms with E-state index >= 15 is 0 Å². The molecule has 0 amide bonds. The smallest absolute Gasteiger partial charge is 0.0309 e. The van der Waals surface area contributed by atoms with Gasteiger partial charge in [-0.3, -0.25) is 5.84 Å². The third-order valence-electron chi connectivity index (χ3n) is 0.982. The van der Waals surface area contributed by atoms with Gasteiger partial charge in [0, 0.05) is 13.1 Å². The Hall–Kier alpha value is -0.340. The summed E-state index contributed by atoms with van der Waals surface area (Å²) in [5.74, 6) is 5.44. The molecule has 0 aliphatic heterocycles. The number of allylic oxidation sites excluding steroid dienone is 1. The van der Waals surface area contributed by atoms with E-state index in [1.54, 1.807) is 5.01 Å². The van der Waals surface area contributed by atoms with Gasteiger partial charge < -0.3 is 0 Å². The first-order valence-corrected chi connectivity index (χ1v) is 3.92. The Bertz CT molecular complexity index is 69.7. The van der Waals surface area contributed by atoms with Crippen LogP contribution in [0.4, 0.5) is 0 Å². The molecule has 2 heteroatoms. The van der Waals surface area contributed by atoms with Crippen molar-refractivity contribution in [2.24, 2.45) is 5.84 Å². The zero-order chi connectivity index (χ0) is 8.41. The summed E-state index contributed by atoms with van der Waals surface area (Å²) in [4.78, 5) is 0. The summed E-state index contributed by atoms with van der Waals surface area (Å²) in [6.45, 7) is 9.78. The molecule has 0 heterocycles. The van der Waals surface area contributed by atoms with E-state index in [4.69, 9.17) is 5.84 Å². The van der Waals surface area contributed by atoms with E-state index in [1.165, 1.54) is 0 Å². The molecule has 10 heavy (non-hydrogen) atoms. The Labute approximate surface area is 64.7 Å². The molecule has 0 unspecified atom stereocenters. The van der Waals surface area contributed by atoms with Gasteiger partial charge in [0.15, 0.2) is 0 Å². The number of hydrogen-bond acceptors (Lipinski definition) is 2. The van der Waals surface area contributed by atoms with Crippen LogP contribution < -0.4 is 5.84 Å². The van der Waals surface area contributed by atoms with E-state index in [0.29, 0.717) is 0 Å². The summed E-state index contributed by atoms with van der Waals surface area (Å²) in [7, 11) is 0. The Morgan fingerprint density at radius 3 is 2.20 bits per heavy atom. The lowest BCUT2D eigenvalue weighted by Gasteiger charge is -2.08. The number of likely N-dealkylation sites (N-methyl/N-ethyl adjacent to an activating group) is 1. The van der Waals surface area contributed by atoms with Crippen LogP contribution in [0.15, 0.2) is 12.2 Å². The van der Waals surface area contributed by atoms with E-state index < -0.39 is 0 Å². The van der Waals surface area contributed by atoms with Gasteiger partial charge in [-0.1, -0.05) is 32.9 Å². The molecule has 0 rings (SSSR count). The second kappa shape index (κ2) is 11.5. The predicted octanol–water partition coefficient (Wildman–Crippen LogP) is 1.78. The van der Waals surface area contributed by atoms with Crippen LogP contribution >= 0.6 is 0 Å². The van der Waals surface area contributed by atoms with E-state index in [9.17, 15) is 0 Å². The fraction of sp³-hybridized carbons (Fsp3) is 0.750. The Balaban J connectivity index is 0. The first-order chi connectivity index (χ1) is 4.81. The third-order valence-corrected chi connectivity index (χ3v) is 0.982. The summed E-state index contributed by atoms with van der Waals surface area (Å²) in [5, 5.41) is 1.75. The fourth-order valence-electron chi connectivity index (χ4n) is 0.370. The Morgan fingerprint density at radius 1 is 1.40 bits per heavy atom. The maximum absolute atomic E-state index is 5.44. The molecule has 0 radical (unpaired) electrons. The van der Waals surface area contributed by atoms with E-state index in [-0.39, 0.29) is 0 Å². The van der Waals surface area contributed by atoms with Gasteiger partial charge in [-0.15, -0.1) is 0 Å². The minimum Gasteiger partial charge on any atom is -0.269 e. The lowest BCUT2D eigenvalue weighted by atomic mass is 10.5. The zero-order valence-corrected chi connectivity index (χ0v) is 7.59. The van der Waals surface area contributed by atoms with Crippen molar-refractivity contribution in [2.75, 3.05) is 13.1 Å². The highest BCUT2D eigenvalue weighted by Crippen LogP contribution is 1.76. The topological polar surface area (TPSA) is 29.3 Å². The highest BCUT2D eigenvalue weighted by atomic mass is 15.4. The van der Waals surface area contributed by atoms with Gasteiger partial charge in [0.25, 0.3) is 0 Å². The molecule has 0 aromatic carbocycles. The zero-order valence-electron chi connectivity index (χ0n) is 7.59. The summed E-state index contributed by atoms with van der Waals surface area (Å²) in [6, 6.07) is 0. The van der Waals surface area contributed by atoms with Crippen molar-refractivity contribution in [3.63, 3.8) is 0 Å². The molecule has 0 aliphatic rings. The molecule has 0 aromatic rings. The number of nitrogens with zero attached hydrogens (tertiary/aromatic N) is 1. The Kier molecular flexibility index (Phi) is 14.1. The summed E-state index contributed by atoms with van der Waals surface area (Å²) in [6.07, 6.45) is 4.03. The molecule has 2 nitrogen and oxygen atoms in total. The normalized spacial score (nSPS) is 9.80. The number of nitrogens with two attached hydrogens (primary N) is 1. The van der Waals surface area contributed by atoms with Crippen LogP contribution in [-0.2, 0) is 0 Å². The van der Waals surface area contributed by atoms with Gasteiger partial charge in [0.1, 0.15) is 0 Å². The predicted molar refractivity (Wildman–Crippen MR) is 47.6 cm³/mol. The van der Waals surface area contributed by atoms with Crippen molar-refractivity contribution in [3.8, 4) is 0 Å². The van der Waals surface area contributed by atoms with Crippen molar-refractivity contribution in [3.05, 3.63) is 12.2 Å². The quantitative estimate of drug-likeness (QED) is 0.372. The monoisotopic (exact) mass is 144 g/mol. The van der Waals surface area contributed by atoms with Gasteiger partial charge in [0.2, 0.25) is 0 Å². The number of hydrazine groups is 1. The van der Waals surface area contributed by atoms with Crippen LogP contribution in [-0.4, -0.2) is 18.1 Å². The second-order valence-corrected chi connectivity index (χ2v) is 1.66. The minimum atomic E-state index is 0.854. The van der Waals surface area contributed by atoms with E-state index in [0.717, 1.165) is 13.1 Å². The van der Waals surface area contributed by atoms with Crippen molar-refractivity contribution in [1.82, 2.24) is 5.01 Å². The lowest BCUT2D eigenvalue weighted by Crippen LogP contribution is -2.30. The van der Waals surface area contributed by atoms with Crippen molar-refractivity contribution < 1.29 is 0 Å².